The molecule has 0 spiro atoms. The first-order chi connectivity index (χ1) is 8.65. The lowest BCUT2D eigenvalue weighted by atomic mass is 10.1. The minimum Gasteiger partial charge on any atom is -0.497 e. The van der Waals surface area contributed by atoms with E-state index in [2.05, 4.69) is 6.58 Å². The van der Waals surface area contributed by atoms with Crippen LogP contribution in [0.25, 0.3) is 6.08 Å². The van der Waals surface area contributed by atoms with Crippen molar-refractivity contribution < 1.29 is 14.3 Å². The summed E-state index contributed by atoms with van der Waals surface area (Å²) >= 11 is 0. The Morgan fingerprint density at radius 1 is 1.22 bits per heavy atom. The van der Waals surface area contributed by atoms with Gasteiger partial charge in [0, 0.05) is 17.2 Å². The van der Waals surface area contributed by atoms with E-state index in [1.54, 1.807) is 20.3 Å². The van der Waals surface area contributed by atoms with Crippen molar-refractivity contribution in [3.05, 3.63) is 41.5 Å². The van der Waals surface area contributed by atoms with Gasteiger partial charge in [0.1, 0.15) is 11.5 Å². The Morgan fingerprint density at radius 2 is 2.00 bits per heavy atom. The second-order valence-electron chi connectivity index (χ2n) is 4.21. The van der Waals surface area contributed by atoms with Crippen molar-refractivity contribution in [1.82, 2.24) is 0 Å². The van der Waals surface area contributed by atoms with E-state index in [1.165, 1.54) is 0 Å². The molecule has 3 nitrogen and oxygen atoms in total. The molecule has 1 fully saturated rings. The maximum absolute atomic E-state index is 11.8. The van der Waals surface area contributed by atoms with Crippen LogP contribution in [-0.2, 0) is 4.79 Å². The highest BCUT2D eigenvalue weighted by molar-refractivity contribution is 6.13. The highest BCUT2D eigenvalue weighted by atomic mass is 16.5. The SMILES string of the molecule is C=C1CCC(=Cc2ccc(OC)cc2OC)C1=O. The number of allylic oxidation sites excluding steroid dienone is 2. The Hall–Kier alpha value is -2.03. The number of carbonyl (C=O) groups excluding carboxylic acids is 1. The van der Waals surface area contributed by atoms with Gasteiger partial charge in [-0.15, -0.1) is 0 Å². The molecule has 0 unspecified atom stereocenters. The normalized spacial score (nSPS) is 17.3. The van der Waals surface area contributed by atoms with E-state index in [4.69, 9.17) is 9.47 Å². The van der Waals surface area contributed by atoms with Crippen LogP contribution >= 0.6 is 0 Å². The van der Waals surface area contributed by atoms with Crippen molar-refractivity contribution in [2.75, 3.05) is 14.2 Å². The molecule has 0 aliphatic heterocycles. The third-order valence-corrected chi connectivity index (χ3v) is 3.08. The standard InChI is InChI=1S/C15H16O3/c1-10-4-5-12(15(10)16)8-11-6-7-13(17-2)9-14(11)18-3/h6-9H,1,4-5H2,2-3H3. The fourth-order valence-electron chi connectivity index (χ4n) is 2.00. The van der Waals surface area contributed by atoms with E-state index in [0.29, 0.717) is 11.3 Å². The highest BCUT2D eigenvalue weighted by Gasteiger charge is 2.21. The van der Waals surface area contributed by atoms with Crippen molar-refractivity contribution in [3.63, 3.8) is 0 Å². The largest absolute Gasteiger partial charge is 0.497 e. The minimum atomic E-state index is 0.0628. The smallest absolute Gasteiger partial charge is 0.184 e. The van der Waals surface area contributed by atoms with Crippen molar-refractivity contribution in [2.45, 2.75) is 12.8 Å². The van der Waals surface area contributed by atoms with Crippen LogP contribution in [0.1, 0.15) is 18.4 Å². The van der Waals surface area contributed by atoms with Gasteiger partial charge < -0.3 is 9.47 Å². The van der Waals surface area contributed by atoms with Crippen LogP contribution in [0.3, 0.4) is 0 Å². The highest BCUT2D eigenvalue weighted by Crippen LogP contribution is 2.31. The first-order valence-electron chi connectivity index (χ1n) is 5.80. The zero-order valence-corrected chi connectivity index (χ0v) is 10.7. The van der Waals surface area contributed by atoms with Crippen LogP contribution in [0.15, 0.2) is 35.9 Å². The summed E-state index contributed by atoms with van der Waals surface area (Å²) in [5.41, 5.74) is 2.37. The molecular formula is C15H16O3. The number of Topliss-reactive ketones (excluding diaryl/α,β-unsaturated/α-hetero) is 1. The number of ether oxygens (including phenoxy) is 2. The number of rotatable bonds is 3. The van der Waals surface area contributed by atoms with Crippen molar-refractivity contribution >= 4 is 11.9 Å². The molecule has 0 amide bonds. The van der Waals surface area contributed by atoms with E-state index in [1.807, 2.05) is 18.2 Å². The predicted molar refractivity (Wildman–Crippen MR) is 70.9 cm³/mol. The van der Waals surface area contributed by atoms with E-state index in [9.17, 15) is 4.79 Å². The average molecular weight is 244 g/mol. The summed E-state index contributed by atoms with van der Waals surface area (Å²) in [4.78, 5) is 11.8. The van der Waals surface area contributed by atoms with Gasteiger partial charge in [-0.1, -0.05) is 6.58 Å². The maximum Gasteiger partial charge on any atom is 0.184 e. The Balaban J connectivity index is 2.37. The summed E-state index contributed by atoms with van der Waals surface area (Å²) in [6.07, 6.45) is 3.38. The van der Waals surface area contributed by atoms with Crippen LogP contribution in [0.5, 0.6) is 11.5 Å². The summed E-state index contributed by atoms with van der Waals surface area (Å²) < 4.78 is 10.4. The van der Waals surface area contributed by atoms with Crippen LogP contribution < -0.4 is 9.47 Å². The van der Waals surface area contributed by atoms with Gasteiger partial charge in [-0.2, -0.15) is 0 Å². The lowest BCUT2D eigenvalue weighted by Crippen LogP contribution is -1.95. The molecule has 1 saturated carbocycles. The molecule has 0 heterocycles. The fourth-order valence-corrected chi connectivity index (χ4v) is 2.00. The summed E-state index contributed by atoms with van der Waals surface area (Å²) in [6.45, 7) is 3.76. The van der Waals surface area contributed by atoms with Crippen LogP contribution in [0.4, 0.5) is 0 Å². The molecule has 0 saturated heterocycles. The number of hydrogen-bond acceptors (Lipinski definition) is 3. The van der Waals surface area contributed by atoms with E-state index in [0.717, 1.165) is 29.7 Å². The fraction of sp³-hybridized carbons (Fsp3) is 0.267. The van der Waals surface area contributed by atoms with Crippen LogP contribution in [0, 0.1) is 0 Å². The first kappa shape index (κ1) is 12.4. The summed E-state index contributed by atoms with van der Waals surface area (Å²) in [6, 6.07) is 5.54. The van der Waals surface area contributed by atoms with Gasteiger partial charge in [-0.05, 0) is 36.6 Å². The molecule has 0 atom stereocenters. The molecule has 2 rings (SSSR count). The molecular weight excluding hydrogens is 228 g/mol. The third-order valence-electron chi connectivity index (χ3n) is 3.08. The van der Waals surface area contributed by atoms with Crippen LogP contribution in [-0.4, -0.2) is 20.0 Å². The first-order valence-corrected chi connectivity index (χ1v) is 5.80. The van der Waals surface area contributed by atoms with Gasteiger partial charge in [0.25, 0.3) is 0 Å². The molecule has 18 heavy (non-hydrogen) atoms. The Bertz CT molecular complexity index is 527. The molecule has 1 aromatic carbocycles. The zero-order chi connectivity index (χ0) is 13.1. The summed E-state index contributed by atoms with van der Waals surface area (Å²) in [5.74, 6) is 1.50. The Labute approximate surface area is 107 Å². The van der Waals surface area contributed by atoms with E-state index in [-0.39, 0.29) is 5.78 Å². The Morgan fingerprint density at radius 3 is 2.56 bits per heavy atom. The van der Waals surface area contributed by atoms with Gasteiger partial charge in [0.05, 0.1) is 14.2 Å². The average Bonchev–Trinajstić information content (AvgIpc) is 2.71. The second-order valence-corrected chi connectivity index (χ2v) is 4.21. The van der Waals surface area contributed by atoms with E-state index >= 15 is 0 Å². The molecule has 0 bridgehead atoms. The molecule has 0 radical (unpaired) electrons. The number of methoxy groups -OCH3 is 2. The van der Waals surface area contributed by atoms with Gasteiger partial charge in [0.15, 0.2) is 5.78 Å². The predicted octanol–water partition coefficient (Wildman–Crippen LogP) is 3.01. The lowest BCUT2D eigenvalue weighted by molar-refractivity contribution is -0.111. The zero-order valence-electron chi connectivity index (χ0n) is 10.7. The molecule has 0 N–H and O–H groups in total. The van der Waals surface area contributed by atoms with Gasteiger partial charge in [-0.3, -0.25) is 4.79 Å². The molecule has 0 aromatic heterocycles. The van der Waals surface area contributed by atoms with Crippen LogP contribution in [0.2, 0.25) is 0 Å². The molecule has 94 valence electrons. The van der Waals surface area contributed by atoms with Crippen molar-refractivity contribution in [3.8, 4) is 11.5 Å². The number of benzene rings is 1. The second kappa shape index (κ2) is 5.08. The number of ketones is 1. The Kier molecular flexibility index (Phi) is 3.51. The molecule has 3 heteroatoms. The van der Waals surface area contributed by atoms with Gasteiger partial charge in [-0.25, -0.2) is 0 Å². The van der Waals surface area contributed by atoms with Crippen molar-refractivity contribution in [1.29, 1.82) is 0 Å². The van der Waals surface area contributed by atoms with Gasteiger partial charge >= 0.3 is 0 Å². The van der Waals surface area contributed by atoms with Crippen molar-refractivity contribution in [2.24, 2.45) is 0 Å². The lowest BCUT2D eigenvalue weighted by Gasteiger charge is -2.08. The maximum atomic E-state index is 11.8. The summed E-state index contributed by atoms with van der Waals surface area (Å²) in [5, 5.41) is 0. The molecule has 1 aromatic rings. The summed E-state index contributed by atoms with van der Waals surface area (Å²) in [7, 11) is 3.21. The number of hydrogen-bond donors (Lipinski definition) is 0. The minimum absolute atomic E-state index is 0.0628. The molecule has 1 aliphatic rings. The third kappa shape index (κ3) is 2.30. The monoisotopic (exact) mass is 244 g/mol. The van der Waals surface area contributed by atoms with E-state index < -0.39 is 0 Å². The quantitative estimate of drug-likeness (QED) is 0.767. The molecule has 1 aliphatic carbocycles. The topological polar surface area (TPSA) is 35.5 Å². The van der Waals surface area contributed by atoms with Gasteiger partial charge in [0.2, 0.25) is 0 Å². The number of carbonyl (C=O) groups is 1.